The molecule has 2 N–H and O–H groups in total. The highest BCUT2D eigenvalue weighted by atomic mass is 32.1. The van der Waals surface area contributed by atoms with E-state index in [0.717, 1.165) is 6.42 Å². The van der Waals surface area contributed by atoms with Crippen LogP contribution in [0, 0.1) is 5.92 Å². The quantitative estimate of drug-likeness (QED) is 0.932. The summed E-state index contributed by atoms with van der Waals surface area (Å²) >= 11 is 1.76. The summed E-state index contributed by atoms with van der Waals surface area (Å²) in [6, 6.07) is 10.4. The summed E-state index contributed by atoms with van der Waals surface area (Å²) < 4.78 is 1.27. The van der Waals surface area contributed by atoms with Gasteiger partial charge >= 0.3 is 0 Å². The molecule has 0 saturated carbocycles. The largest absolute Gasteiger partial charge is 0.369 e. The molecule has 1 aromatic heterocycles. The van der Waals surface area contributed by atoms with Gasteiger partial charge in [-0.3, -0.25) is 9.59 Å². The van der Waals surface area contributed by atoms with Crippen molar-refractivity contribution in [3.05, 3.63) is 35.2 Å². The molecule has 5 heteroatoms. The Balaban J connectivity index is 1.64. The lowest BCUT2D eigenvalue weighted by atomic mass is 10.1. The second kappa shape index (κ2) is 5.25. The zero-order valence-electron chi connectivity index (χ0n) is 11.0. The molecule has 1 unspecified atom stereocenters. The first-order valence-electron chi connectivity index (χ1n) is 6.68. The molecule has 3 rings (SSSR count). The van der Waals surface area contributed by atoms with Crippen molar-refractivity contribution in [2.24, 2.45) is 11.7 Å². The summed E-state index contributed by atoms with van der Waals surface area (Å²) in [5, 5.41) is 1.25. The Bertz CT molecular complexity index is 632. The van der Waals surface area contributed by atoms with Crippen LogP contribution in [0.4, 0.5) is 0 Å². The van der Waals surface area contributed by atoms with E-state index in [4.69, 9.17) is 5.73 Å². The number of thiophene rings is 1. The van der Waals surface area contributed by atoms with Gasteiger partial charge in [-0.1, -0.05) is 18.2 Å². The molecule has 1 aromatic carbocycles. The summed E-state index contributed by atoms with van der Waals surface area (Å²) in [6.45, 7) is 1.13. The van der Waals surface area contributed by atoms with Gasteiger partial charge in [0.2, 0.25) is 11.8 Å². The lowest BCUT2D eigenvalue weighted by Crippen LogP contribution is -2.30. The molecule has 0 aliphatic carbocycles. The molecule has 1 atom stereocenters. The fourth-order valence-corrected chi connectivity index (χ4v) is 3.64. The summed E-state index contributed by atoms with van der Waals surface area (Å²) in [4.78, 5) is 25.9. The van der Waals surface area contributed by atoms with Gasteiger partial charge in [-0.2, -0.15) is 0 Å². The predicted molar refractivity (Wildman–Crippen MR) is 79.4 cm³/mol. The molecule has 1 saturated heterocycles. The van der Waals surface area contributed by atoms with Crippen LogP contribution >= 0.6 is 11.3 Å². The van der Waals surface area contributed by atoms with E-state index in [9.17, 15) is 9.59 Å². The maximum absolute atomic E-state index is 11.8. The van der Waals surface area contributed by atoms with Crippen molar-refractivity contribution in [3.8, 4) is 0 Å². The minimum Gasteiger partial charge on any atom is -0.369 e. The second-order valence-electron chi connectivity index (χ2n) is 5.14. The average molecular weight is 288 g/mol. The first-order valence-corrected chi connectivity index (χ1v) is 7.49. The number of fused-ring (bicyclic) bond motifs is 1. The van der Waals surface area contributed by atoms with Crippen molar-refractivity contribution in [2.45, 2.75) is 12.8 Å². The highest BCUT2D eigenvalue weighted by Crippen LogP contribution is 2.26. The van der Waals surface area contributed by atoms with E-state index in [1.54, 1.807) is 16.2 Å². The molecular weight excluding hydrogens is 272 g/mol. The summed E-state index contributed by atoms with van der Waals surface area (Å²) in [6.07, 6.45) is 1.10. The number of carbonyl (C=O) groups excluding carboxylic acids is 2. The number of carbonyl (C=O) groups is 2. The van der Waals surface area contributed by atoms with Crippen LogP contribution in [0.25, 0.3) is 10.1 Å². The maximum atomic E-state index is 11.8. The third kappa shape index (κ3) is 2.54. The van der Waals surface area contributed by atoms with Crippen LogP contribution in [0.3, 0.4) is 0 Å². The zero-order valence-corrected chi connectivity index (χ0v) is 11.9. The van der Waals surface area contributed by atoms with Gasteiger partial charge in [0.25, 0.3) is 0 Å². The van der Waals surface area contributed by atoms with Crippen LogP contribution in [-0.4, -0.2) is 29.8 Å². The number of rotatable bonds is 4. The van der Waals surface area contributed by atoms with Crippen LogP contribution in [0.5, 0.6) is 0 Å². The number of amides is 2. The molecule has 0 bridgehead atoms. The minimum absolute atomic E-state index is 0.0370. The molecule has 104 valence electrons. The topological polar surface area (TPSA) is 63.4 Å². The first-order chi connectivity index (χ1) is 9.63. The minimum atomic E-state index is -0.372. The third-order valence-corrected chi connectivity index (χ3v) is 4.90. The molecule has 2 aromatic rings. The van der Waals surface area contributed by atoms with E-state index in [0.29, 0.717) is 13.1 Å². The average Bonchev–Trinajstić information content (AvgIpc) is 2.99. The molecular formula is C15H16N2O2S. The number of nitrogens with zero attached hydrogens (tertiary/aromatic N) is 1. The van der Waals surface area contributed by atoms with Crippen molar-refractivity contribution in [1.29, 1.82) is 0 Å². The van der Waals surface area contributed by atoms with Crippen molar-refractivity contribution >= 4 is 33.2 Å². The van der Waals surface area contributed by atoms with E-state index in [2.05, 4.69) is 18.2 Å². The van der Waals surface area contributed by atoms with E-state index in [1.165, 1.54) is 15.0 Å². The number of likely N-dealkylation sites (tertiary alicyclic amines) is 1. The first kappa shape index (κ1) is 13.1. The Morgan fingerprint density at radius 3 is 2.90 bits per heavy atom. The Morgan fingerprint density at radius 2 is 2.20 bits per heavy atom. The lowest BCUT2D eigenvalue weighted by molar-refractivity contribution is -0.128. The van der Waals surface area contributed by atoms with E-state index in [-0.39, 0.29) is 24.2 Å². The Labute approximate surface area is 121 Å². The number of hydrogen-bond donors (Lipinski definition) is 1. The number of primary amides is 1. The van der Waals surface area contributed by atoms with Crippen molar-refractivity contribution < 1.29 is 9.59 Å². The number of benzene rings is 1. The van der Waals surface area contributed by atoms with Crippen LogP contribution < -0.4 is 5.73 Å². The highest BCUT2D eigenvalue weighted by molar-refractivity contribution is 7.19. The fraction of sp³-hybridized carbons (Fsp3) is 0.333. The molecule has 1 fully saturated rings. The molecule has 1 aliphatic heterocycles. The van der Waals surface area contributed by atoms with Crippen LogP contribution in [0.2, 0.25) is 0 Å². The fourth-order valence-electron chi connectivity index (χ4n) is 2.58. The smallest absolute Gasteiger partial charge is 0.223 e. The van der Waals surface area contributed by atoms with E-state index in [1.807, 2.05) is 12.1 Å². The van der Waals surface area contributed by atoms with Gasteiger partial charge in [0.15, 0.2) is 0 Å². The van der Waals surface area contributed by atoms with Gasteiger partial charge in [-0.25, -0.2) is 0 Å². The molecule has 4 nitrogen and oxygen atoms in total. The zero-order chi connectivity index (χ0) is 14.1. The molecule has 1 aliphatic rings. The highest BCUT2D eigenvalue weighted by Gasteiger charge is 2.32. The van der Waals surface area contributed by atoms with Crippen molar-refractivity contribution in [1.82, 2.24) is 4.90 Å². The van der Waals surface area contributed by atoms with Gasteiger partial charge in [0, 0.05) is 29.1 Å². The maximum Gasteiger partial charge on any atom is 0.223 e. The predicted octanol–water partition coefficient (Wildman–Crippen LogP) is 1.78. The van der Waals surface area contributed by atoms with E-state index < -0.39 is 0 Å². The van der Waals surface area contributed by atoms with Gasteiger partial charge in [-0.15, -0.1) is 11.3 Å². The van der Waals surface area contributed by atoms with Crippen LogP contribution in [0.15, 0.2) is 30.3 Å². The molecule has 2 heterocycles. The molecule has 0 spiro atoms. The Morgan fingerprint density at radius 1 is 1.40 bits per heavy atom. The Kier molecular flexibility index (Phi) is 3.44. The molecule has 2 amide bonds. The van der Waals surface area contributed by atoms with Crippen LogP contribution in [-0.2, 0) is 16.0 Å². The summed E-state index contributed by atoms with van der Waals surface area (Å²) in [5.74, 6) is -0.650. The van der Waals surface area contributed by atoms with Gasteiger partial charge in [-0.05, 0) is 23.9 Å². The van der Waals surface area contributed by atoms with Gasteiger partial charge in [0.05, 0.1) is 5.92 Å². The van der Waals surface area contributed by atoms with Crippen molar-refractivity contribution in [3.63, 3.8) is 0 Å². The number of hydrogen-bond acceptors (Lipinski definition) is 3. The SMILES string of the molecule is NC(=O)C1CC(=O)N(CCc2cc3ccccc3s2)C1. The summed E-state index contributed by atoms with van der Waals surface area (Å²) in [5.41, 5.74) is 5.26. The van der Waals surface area contributed by atoms with E-state index >= 15 is 0 Å². The second-order valence-corrected chi connectivity index (χ2v) is 6.31. The van der Waals surface area contributed by atoms with Crippen molar-refractivity contribution in [2.75, 3.05) is 13.1 Å². The van der Waals surface area contributed by atoms with Gasteiger partial charge in [0.1, 0.15) is 0 Å². The summed E-state index contributed by atoms with van der Waals surface area (Å²) in [7, 11) is 0. The third-order valence-electron chi connectivity index (χ3n) is 3.72. The van der Waals surface area contributed by atoms with Crippen LogP contribution in [0.1, 0.15) is 11.3 Å². The van der Waals surface area contributed by atoms with Gasteiger partial charge < -0.3 is 10.6 Å². The lowest BCUT2D eigenvalue weighted by Gasteiger charge is -2.15. The molecule has 20 heavy (non-hydrogen) atoms. The monoisotopic (exact) mass is 288 g/mol. The molecule has 0 radical (unpaired) electrons. The number of nitrogens with two attached hydrogens (primary N) is 1. The Hall–Kier alpha value is -1.88. The normalized spacial score (nSPS) is 18.9. The standard InChI is InChI=1S/C15H16N2O2S/c16-15(19)11-8-14(18)17(9-11)6-5-12-7-10-3-1-2-4-13(10)20-12/h1-4,7,11H,5-6,8-9H2,(H2,16,19).